The predicted octanol–water partition coefficient (Wildman–Crippen LogP) is 3.71. The number of anilines is 1. The van der Waals surface area contributed by atoms with Crippen molar-refractivity contribution in [1.82, 2.24) is 5.32 Å². The molecule has 1 aromatic rings. The minimum atomic E-state index is -0.481. The topological polar surface area (TPSA) is 39.1 Å². The molecule has 0 aliphatic rings. The van der Waals surface area contributed by atoms with Crippen LogP contribution in [-0.2, 0) is 0 Å². The van der Waals surface area contributed by atoms with E-state index in [9.17, 15) is 9.65 Å². The SMILES string of the molecule is CC(C)NC(C)(C#N)CCCCN(C)c1ccccc1F. The van der Waals surface area contributed by atoms with Crippen LogP contribution in [0.25, 0.3) is 0 Å². The van der Waals surface area contributed by atoms with Crippen molar-refractivity contribution >= 4 is 5.69 Å². The predicted molar refractivity (Wildman–Crippen MR) is 85.8 cm³/mol. The molecule has 1 atom stereocenters. The van der Waals surface area contributed by atoms with Crippen molar-refractivity contribution in [3.8, 4) is 6.07 Å². The molecule has 1 N–H and O–H groups in total. The summed E-state index contributed by atoms with van der Waals surface area (Å²) in [5.41, 5.74) is 0.144. The van der Waals surface area contributed by atoms with E-state index in [0.717, 1.165) is 25.8 Å². The number of nitrogens with one attached hydrogen (secondary N) is 1. The van der Waals surface area contributed by atoms with Gasteiger partial charge in [0.15, 0.2) is 0 Å². The minimum absolute atomic E-state index is 0.191. The molecule has 1 aromatic carbocycles. The molecule has 0 heterocycles. The van der Waals surface area contributed by atoms with Gasteiger partial charge in [-0.1, -0.05) is 12.1 Å². The first-order valence-electron chi connectivity index (χ1n) is 7.52. The van der Waals surface area contributed by atoms with Crippen LogP contribution in [0.15, 0.2) is 24.3 Å². The molecule has 0 aliphatic heterocycles. The van der Waals surface area contributed by atoms with E-state index in [1.807, 2.05) is 38.8 Å². The Morgan fingerprint density at radius 2 is 2.00 bits per heavy atom. The average Bonchev–Trinajstić information content (AvgIpc) is 2.43. The molecule has 21 heavy (non-hydrogen) atoms. The number of hydrogen-bond donors (Lipinski definition) is 1. The zero-order chi connectivity index (χ0) is 15.9. The molecular weight excluding hydrogens is 265 g/mol. The summed E-state index contributed by atoms with van der Waals surface area (Å²) in [5.74, 6) is -0.191. The van der Waals surface area contributed by atoms with Crippen molar-refractivity contribution in [2.45, 2.75) is 51.6 Å². The van der Waals surface area contributed by atoms with E-state index in [4.69, 9.17) is 0 Å². The molecule has 0 spiro atoms. The van der Waals surface area contributed by atoms with E-state index in [2.05, 4.69) is 11.4 Å². The van der Waals surface area contributed by atoms with Gasteiger partial charge in [0, 0.05) is 19.6 Å². The lowest BCUT2D eigenvalue weighted by Gasteiger charge is -2.26. The number of halogens is 1. The zero-order valence-corrected chi connectivity index (χ0v) is 13.5. The van der Waals surface area contributed by atoms with Gasteiger partial charge in [0.1, 0.15) is 11.4 Å². The fraction of sp³-hybridized carbons (Fsp3) is 0.588. The number of benzene rings is 1. The van der Waals surface area contributed by atoms with Crippen LogP contribution in [0.2, 0.25) is 0 Å². The third kappa shape index (κ3) is 5.73. The summed E-state index contributed by atoms with van der Waals surface area (Å²) >= 11 is 0. The van der Waals surface area contributed by atoms with Crippen LogP contribution >= 0.6 is 0 Å². The lowest BCUT2D eigenvalue weighted by molar-refractivity contribution is 0.370. The normalized spacial score (nSPS) is 13.8. The molecule has 0 amide bonds. The van der Waals surface area contributed by atoms with Gasteiger partial charge in [-0.2, -0.15) is 5.26 Å². The van der Waals surface area contributed by atoms with Gasteiger partial charge in [-0.3, -0.25) is 5.32 Å². The fourth-order valence-electron chi connectivity index (χ4n) is 2.51. The van der Waals surface area contributed by atoms with Gasteiger partial charge in [-0.25, -0.2) is 4.39 Å². The first-order valence-corrected chi connectivity index (χ1v) is 7.52. The molecule has 1 rings (SSSR count). The van der Waals surface area contributed by atoms with Crippen LogP contribution in [0.4, 0.5) is 10.1 Å². The zero-order valence-electron chi connectivity index (χ0n) is 13.5. The molecule has 0 aromatic heterocycles. The van der Waals surface area contributed by atoms with Crippen LogP contribution in [0.1, 0.15) is 40.0 Å². The van der Waals surface area contributed by atoms with Crippen molar-refractivity contribution in [1.29, 1.82) is 5.26 Å². The van der Waals surface area contributed by atoms with Gasteiger partial charge >= 0.3 is 0 Å². The number of para-hydroxylation sites is 1. The number of unbranched alkanes of at least 4 members (excludes halogenated alkanes) is 1. The molecule has 0 bridgehead atoms. The lowest BCUT2D eigenvalue weighted by atomic mass is 9.95. The van der Waals surface area contributed by atoms with Crippen molar-refractivity contribution in [3.05, 3.63) is 30.1 Å². The standard InChI is InChI=1S/C17H26FN3/c1-14(2)20-17(3,13-19)11-7-8-12-21(4)16-10-6-5-9-15(16)18/h5-6,9-10,14,20H,7-8,11-12H2,1-4H3. The molecular formula is C17H26FN3. The summed E-state index contributed by atoms with van der Waals surface area (Å²) in [6.07, 6.45) is 2.66. The molecule has 0 radical (unpaired) electrons. The summed E-state index contributed by atoms with van der Waals surface area (Å²) in [5, 5.41) is 12.6. The third-order valence-electron chi connectivity index (χ3n) is 3.54. The molecule has 0 saturated heterocycles. The Labute approximate surface area is 127 Å². The molecule has 4 heteroatoms. The van der Waals surface area contributed by atoms with Gasteiger partial charge in [0.05, 0.1) is 11.8 Å². The first-order chi connectivity index (χ1) is 9.88. The van der Waals surface area contributed by atoms with Crippen molar-refractivity contribution in [2.24, 2.45) is 0 Å². The summed E-state index contributed by atoms with van der Waals surface area (Å²) in [6, 6.07) is 9.44. The Balaban J connectivity index is 2.40. The van der Waals surface area contributed by atoms with Crippen LogP contribution in [0.3, 0.4) is 0 Å². The van der Waals surface area contributed by atoms with E-state index in [1.54, 1.807) is 12.1 Å². The number of nitrogens with zero attached hydrogens (tertiary/aromatic N) is 2. The lowest BCUT2D eigenvalue weighted by Crippen LogP contribution is -2.44. The number of nitriles is 1. The van der Waals surface area contributed by atoms with E-state index in [0.29, 0.717) is 5.69 Å². The molecule has 0 saturated carbocycles. The highest BCUT2D eigenvalue weighted by Crippen LogP contribution is 2.19. The Bertz CT molecular complexity index is 481. The van der Waals surface area contributed by atoms with Crippen molar-refractivity contribution in [3.63, 3.8) is 0 Å². The van der Waals surface area contributed by atoms with Gasteiger partial charge in [-0.05, 0) is 52.2 Å². The maximum Gasteiger partial charge on any atom is 0.146 e. The average molecular weight is 291 g/mol. The van der Waals surface area contributed by atoms with E-state index in [-0.39, 0.29) is 11.9 Å². The van der Waals surface area contributed by atoms with Crippen LogP contribution in [0, 0.1) is 17.1 Å². The third-order valence-corrected chi connectivity index (χ3v) is 3.54. The molecule has 3 nitrogen and oxygen atoms in total. The second kappa shape index (κ2) is 7.99. The highest BCUT2D eigenvalue weighted by molar-refractivity contribution is 5.46. The van der Waals surface area contributed by atoms with Gasteiger partial charge < -0.3 is 4.90 Å². The first kappa shape index (κ1) is 17.5. The molecule has 0 aliphatic carbocycles. The van der Waals surface area contributed by atoms with E-state index in [1.165, 1.54) is 6.07 Å². The van der Waals surface area contributed by atoms with Gasteiger partial charge in [-0.15, -0.1) is 0 Å². The minimum Gasteiger partial charge on any atom is -0.372 e. The molecule has 0 fully saturated rings. The highest BCUT2D eigenvalue weighted by Gasteiger charge is 2.23. The maximum atomic E-state index is 13.6. The smallest absolute Gasteiger partial charge is 0.146 e. The number of hydrogen-bond acceptors (Lipinski definition) is 3. The van der Waals surface area contributed by atoms with Crippen molar-refractivity contribution in [2.75, 3.05) is 18.5 Å². The van der Waals surface area contributed by atoms with Crippen LogP contribution in [-0.4, -0.2) is 25.2 Å². The number of rotatable bonds is 8. The summed E-state index contributed by atoms with van der Waals surface area (Å²) in [6.45, 7) is 6.81. The largest absolute Gasteiger partial charge is 0.372 e. The second-order valence-corrected chi connectivity index (χ2v) is 6.07. The van der Waals surface area contributed by atoms with Gasteiger partial charge in [0.2, 0.25) is 0 Å². The van der Waals surface area contributed by atoms with Gasteiger partial charge in [0.25, 0.3) is 0 Å². The fourth-order valence-corrected chi connectivity index (χ4v) is 2.51. The maximum absolute atomic E-state index is 13.6. The second-order valence-electron chi connectivity index (χ2n) is 6.07. The Hall–Kier alpha value is -1.60. The highest BCUT2D eigenvalue weighted by atomic mass is 19.1. The molecule has 116 valence electrons. The molecule has 1 unspecified atom stereocenters. The Kier molecular flexibility index (Phi) is 6.64. The van der Waals surface area contributed by atoms with Crippen molar-refractivity contribution < 1.29 is 4.39 Å². The quantitative estimate of drug-likeness (QED) is 0.742. The Morgan fingerprint density at radius 3 is 2.57 bits per heavy atom. The summed E-state index contributed by atoms with van der Waals surface area (Å²) < 4.78 is 13.6. The van der Waals surface area contributed by atoms with E-state index >= 15 is 0 Å². The Morgan fingerprint density at radius 1 is 1.33 bits per heavy atom. The van der Waals surface area contributed by atoms with E-state index < -0.39 is 5.54 Å². The van der Waals surface area contributed by atoms with Crippen LogP contribution in [0.5, 0.6) is 0 Å². The van der Waals surface area contributed by atoms with Crippen LogP contribution < -0.4 is 10.2 Å². The summed E-state index contributed by atoms with van der Waals surface area (Å²) in [7, 11) is 1.90. The monoisotopic (exact) mass is 291 g/mol. The summed E-state index contributed by atoms with van der Waals surface area (Å²) in [4.78, 5) is 1.93.